The first-order chi connectivity index (χ1) is 17.4. The molecule has 214 valence electrons. The predicted molar refractivity (Wildman–Crippen MR) is 147 cm³/mol. The summed E-state index contributed by atoms with van der Waals surface area (Å²) in [5.74, 6) is -2.29. The van der Waals surface area contributed by atoms with Gasteiger partial charge in [-0.2, -0.15) is 11.8 Å². The molecule has 0 bridgehead atoms. The summed E-state index contributed by atoms with van der Waals surface area (Å²) in [6, 6.07) is -3.83. The number of thioether (sulfide) groups is 1. The van der Waals surface area contributed by atoms with Crippen molar-refractivity contribution in [1.82, 2.24) is 16.0 Å². The van der Waals surface area contributed by atoms with Gasteiger partial charge in [-0.3, -0.25) is 19.4 Å². The summed E-state index contributed by atoms with van der Waals surface area (Å²) >= 11 is 1.51. The number of unbranched alkanes of at least 4 members (excludes halogenated alkanes) is 1. The summed E-state index contributed by atoms with van der Waals surface area (Å²) in [6.45, 7) is 4.48. The maximum absolute atomic E-state index is 13.1. The van der Waals surface area contributed by atoms with Gasteiger partial charge in [0.2, 0.25) is 17.7 Å². The Morgan fingerprint density at radius 1 is 0.865 bits per heavy atom. The molecular formula is C23H46N8O5S. The third kappa shape index (κ3) is 16.0. The smallest absolute Gasteiger partial charge is 0.326 e. The summed E-state index contributed by atoms with van der Waals surface area (Å²) in [7, 11) is 0. The highest BCUT2D eigenvalue weighted by atomic mass is 32.2. The topological polar surface area (TPSA) is 241 Å². The first kappa shape index (κ1) is 34.4. The van der Waals surface area contributed by atoms with Gasteiger partial charge in [-0.05, 0) is 63.0 Å². The normalized spacial score (nSPS) is 14.2. The maximum Gasteiger partial charge on any atom is 0.326 e. The lowest BCUT2D eigenvalue weighted by Gasteiger charge is -2.26. The van der Waals surface area contributed by atoms with E-state index in [4.69, 9.17) is 22.9 Å². The number of nitrogens with zero attached hydrogens (tertiary/aromatic N) is 1. The number of rotatable bonds is 20. The highest BCUT2D eigenvalue weighted by Gasteiger charge is 2.30. The van der Waals surface area contributed by atoms with E-state index in [9.17, 15) is 24.3 Å². The Balaban J connectivity index is 5.38. The van der Waals surface area contributed by atoms with Crippen molar-refractivity contribution < 1.29 is 24.3 Å². The summed E-state index contributed by atoms with van der Waals surface area (Å²) in [5, 5.41) is 17.4. The van der Waals surface area contributed by atoms with Crippen molar-refractivity contribution in [2.45, 2.75) is 83.0 Å². The molecule has 0 saturated heterocycles. The summed E-state index contributed by atoms with van der Waals surface area (Å²) in [6.07, 6.45) is 4.82. The molecular weight excluding hydrogens is 500 g/mol. The molecule has 0 spiro atoms. The molecule has 0 aromatic carbocycles. The zero-order chi connectivity index (χ0) is 28.4. The standard InChI is InChI=1S/C23H46N8O5S/c1-14(2)13-18(21(34)30-17(22(35)36)8-6-11-28-23(26)27)31-20(33)16(9-12-37-3)29-19(32)15(25)7-4-5-10-24/h14-18H,4-13,24-25H2,1-3H3,(H,29,32)(H,30,34)(H,31,33)(H,35,36)(H4,26,27,28). The van der Waals surface area contributed by atoms with Gasteiger partial charge < -0.3 is 44.0 Å². The van der Waals surface area contributed by atoms with Gasteiger partial charge in [-0.25, -0.2) is 4.79 Å². The second kappa shape index (κ2) is 19.5. The van der Waals surface area contributed by atoms with E-state index >= 15 is 0 Å². The molecule has 0 aromatic rings. The SMILES string of the molecule is CSCCC(NC(=O)C(N)CCCCN)C(=O)NC(CC(C)C)C(=O)NC(CCCN=C(N)N)C(=O)O. The molecule has 13 nitrogen and oxygen atoms in total. The van der Waals surface area contributed by atoms with Gasteiger partial charge in [0.25, 0.3) is 0 Å². The number of aliphatic imine (C=N–C) groups is 1. The van der Waals surface area contributed by atoms with Crippen molar-refractivity contribution in [2.75, 3.05) is 25.1 Å². The molecule has 3 amide bonds. The molecule has 0 fully saturated rings. The van der Waals surface area contributed by atoms with Crippen LogP contribution in [0.1, 0.15) is 58.8 Å². The molecule has 0 aromatic heterocycles. The van der Waals surface area contributed by atoms with E-state index in [1.807, 2.05) is 20.1 Å². The lowest BCUT2D eigenvalue weighted by molar-refractivity contribution is -0.142. The molecule has 0 rings (SSSR count). The highest BCUT2D eigenvalue weighted by molar-refractivity contribution is 7.98. The number of hydrogen-bond donors (Lipinski definition) is 8. The molecule has 0 saturated carbocycles. The Morgan fingerprint density at radius 2 is 1.46 bits per heavy atom. The van der Waals surface area contributed by atoms with Crippen molar-refractivity contribution in [3.8, 4) is 0 Å². The Hall–Kier alpha value is -2.58. The van der Waals surface area contributed by atoms with Crippen LogP contribution in [-0.2, 0) is 19.2 Å². The molecule has 4 atom stereocenters. The van der Waals surface area contributed by atoms with Gasteiger partial charge in [0.1, 0.15) is 18.1 Å². The first-order valence-electron chi connectivity index (χ1n) is 12.6. The van der Waals surface area contributed by atoms with Crippen LogP contribution in [0.5, 0.6) is 0 Å². The zero-order valence-electron chi connectivity index (χ0n) is 22.2. The van der Waals surface area contributed by atoms with Crippen LogP contribution >= 0.6 is 11.8 Å². The monoisotopic (exact) mass is 546 g/mol. The number of nitrogens with two attached hydrogens (primary N) is 4. The van der Waals surface area contributed by atoms with Crippen LogP contribution in [0, 0.1) is 5.92 Å². The minimum atomic E-state index is -1.21. The quantitative estimate of drug-likeness (QED) is 0.0517. The predicted octanol–water partition coefficient (Wildman–Crippen LogP) is -1.17. The zero-order valence-corrected chi connectivity index (χ0v) is 23.0. The van der Waals surface area contributed by atoms with Gasteiger partial charge in [0, 0.05) is 6.54 Å². The van der Waals surface area contributed by atoms with E-state index in [1.54, 1.807) is 0 Å². The van der Waals surface area contributed by atoms with E-state index in [2.05, 4.69) is 20.9 Å². The molecule has 0 heterocycles. The Kier molecular flexibility index (Phi) is 18.2. The van der Waals surface area contributed by atoms with Crippen molar-refractivity contribution in [3.63, 3.8) is 0 Å². The molecule has 0 radical (unpaired) electrons. The van der Waals surface area contributed by atoms with Crippen molar-refractivity contribution in [2.24, 2.45) is 33.8 Å². The second-order valence-electron chi connectivity index (χ2n) is 9.27. The number of amides is 3. The fourth-order valence-corrected chi connectivity index (χ4v) is 3.90. The van der Waals surface area contributed by atoms with E-state index in [0.717, 1.165) is 6.42 Å². The fraction of sp³-hybridized carbons (Fsp3) is 0.783. The lowest BCUT2D eigenvalue weighted by Crippen LogP contribution is -2.57. The van der Waals surface area contributed by atoms with Crippen LogP contribution in [0.25, 0.3) is 0 Å². The minimum absolute atomic E-state index is 0.0244. The van der Waals surface area contributed by atoms with E-state index < -0.39 is 47.9 Å². The van der Waals surface area contributed by atoms with E-state index in [1.165, 1.54) is 11.8 Å². The highest BCUT2D eigenvalue weighted by Crippen LogP contribution is 2.09. The third-order valence-corrected chi connectivity index (χ3v) is 6.09. The summed E-state index contributed by atoms with van der Waals surface area (Å²) in [5.41, 5.74) is 22.0. The first-order valence-corrected chi connectivity index (χ1v) is 14.0. The molecule has 37 heavy (non-hydrogen) atoms. The second-order valence-corrected chi connectivity index (χ2v) is 10.3. The Labute approximate surface area is 223 Å². The number of carbonyl (C=O) groups is 4. The largest absolute Gasteiger partial charge is 0.480 e. The number of aliphatic carboxylic acids is 1. The molecule has 0 aliphatic rings. The van der Waals surface area contributed by atoms with Crippen LogP contribution in [0.2, 0.25) is 0 Å². The molecule has 4 unspecified atom stereocenters. The van der Waals surface area contributed by atoms with E-state index in [-0.39, 0.29) is 31.3 Å². The third-order valence-electron chi connectivity index (χ3n) is 5.45. The van der Waals surface area contributed by atoms with Crippen LogP contribution in [0.3, 0.4) is 0 Å². The molecule has 0 aliphatic carbocycles. The van der Waals surface area contributed by atoms with Gasteiger partial charge in [0.05, 0.1) is 6.04 Å². The van der Waals surface area contributed by atoms with Crippen molar-refractivity contribution >= 4 is 41.4 Å². The van der Waals surface area contributed by atoms with Crippen LogP contribution < -0.4 is 38.9 Å². The number of guanidine groups is 1. The van der Waals surface area contributed by atoms with Gasteiger partial charge in [0.15, 0.2) is 5.96 Å². The van der Waals surface area contributed by atoms with Gasteiger partial charge >= 0.3 is 5.97 Å². The summed E-state index contributed by atoms with van der Waals surface area (Å²) in [4.78, 5) is 54.2. The fourth-order valence-electron chi connectivity index (χ4n) is 3.43. The van der Waals surface area contributed by atoms with Crippen LogP contribution in [0.15, 0.2) is 4.99 Å². The molecule has 12 N–H and O–H groups in total. The number of carbonyl (C=O) groups excluding carboxylic acids is 3. The number of carboxylic acid groups (broad SMARTS) is 1. The Morgan fingerprint density at radius 3 is 2.00 bits per heavy atom. The number of nitrogens with one attached hydrogen (secondary N) is 3. The Bertz CT molecular complexity index is 749. The van der Waals surface area contributed by atoms with Crippen molar-refractivity contribution in [3.05, 3.63) is 0 Å². The van der Waals surface area contributed by atoms with Crippen molar-refractivity contribution in [1.29, 1.82) is 0 Å². The minimum Gasteiger partial charge on any atom is -0.480 e. The van der Waals surface area contributed by atoms with Crippen LogP contribution in [0.4, 0.5) is 0 Å². The average Bonchev–Trinajstić information content (AvgIpc) is 2.82. The van der Waals surface area contributed by atoms with Gasteiger partial charge in [-0.1, -0.05) is 20.3 Å². The van der Waals surface area contributed by atoms with Crippen LogP contribution in [-0.4, -0.2) is 84.0 Å². The molecule has 0 aliphatic heterocycles. The average molecular weight is 547 g/mol. The molecule has 14 heteroatoms. The van der Waals surface area contributed by atoms with E-state index in [0.29, 0.717) is 38.0 Å². The number of hydrogen-bond acceptors (Lipinski definition) is 8. The lowest BCUT2D eigenvalue weighted by atomic mass is 10.0. The van der Waals surface area contributed by atoms with Gasteiger partial charge in [-0.15, -0.1) is 0 Å². The summed E-state index contributed by atoms with van der Waals surface area (Å²) < 4.78 is 0. The number of carboxylic acids is 1. The maximum atomic E-state index is 13.1.